The first-order chi connectivity index (χ1) is 6.15. The first-order valence-corrected chi connectivity index (χ1v) is 4.97. The van der Waals surface area contributed by atoms with Crippen molar-refractivity contribution in [2.75, 3.05) is 19.6 Å². The number of urea groups is 1. The van der Waals surface area contributed by atoms with Crippen LogP contribution in [0, 0.1) is 5.92 Å². The maximum absolute atomic E-state index is 11.3. The summed E-state index contributed by atoms with van der Waals surface area (Å²) in [7, 11) is 0. The molecule has 4 heteroatoms. The number of nitrogens with one attached hydrogen (secondary N) is 1. The molecule has 0 aromatic rings. The fraction of sp³-hybridized carbons (Fsp3) is 0.889. The molecule has 4 nitrogen and oxygen atoms in total. The van der Waals surface area contributed by atoms with Crippen LogP contribution in [0.4, 0.5) is 4.79 Å². The summed E-state index contributed by atoms with van der Waals surface area (Å²) >= 11 is 0. The third-order valence-corrected chi connectivity index (χ3v) is 2.98. The molecule has 0 radical (unpaired) electrons. The predicted octanol–water partition coefficient (Wildman–Crippen LogP) is 0.139. The zero-order chi connectivity index (χ0) is 9.47. The average molecular weight is 183 g/mol. The van der Waals surface area contributed by atoms with E-state index in [1.807, 2.05) is 6.92 Å². The molecular weight excluding hydrogens is 166 g/mol. The summed E-state index contributed by atoms with van der Waals surface area (Å²) in [5, 5.41) is 2.78. The third-order valence-electron chi connectivity index (χ3n) is 2.98. The third kappa shape index (κ3) is 1.50. The van der Waals surface area contributed by atoms with Gasteiger partial charge in [-0.15, -0.1) is 0 Å². The normalized spacial score (nSPS) is 25.2. The van der Waals surface area contributed by atoms with Gasteiger partial charge in [0.2, 0.25) is 0 Å². The highest BCUT2D eigenvalue weighted by molar-refractivity contribution is 5.75. The van der Waals surface area contributed by atoms with Crippen LogP contribution >= 0.6 is 0 Å². The summed E-state index contributed by atoms with van der Waals surface area (Å²) in [4.78, 5) is 13.1. The van der Waals surface area contributed by atoms with Gasteiger partial charge < -0.3 is 16.0 Å². The molecule has 1 aliphatic carbocycles. The van der Waals surface area contributed by atoms with E-state index in [1.54, 1.807) is 4.90 Å². The fourth-order valence-electron chi connectivity index (χ4n) is 1.99. The molecule has 2 fully saturated rings. The minimum Gasteiger partial charge on any atom is -0.338 e. The maximum Gasteiger partial charge on any atom is 0.317 e. The number of rotatable bonds is 2. The average Bonchev–Trinajstić information content (AvgIpc) is 2.81. The molecule has 74 valence electrons. The van der Waals surface area contributed by atoms with E-state index in [0.717, 1.165) is 13.1 Å². The van der Waals surface area contributed by atoms with Crippen molar-refractivity contribution in [3.8, 4) is 0 Å². The molecule has 0 aromatic carbocycles. The van der Waals surface area contributed by atoms with Crippen LogP contribution in [0.15, 0.2) is 0 Å². The molecule has 2 aliphatic rings. The van der Waals surface area contributed by atoms with Gasteiger partial charge in [-0.05, 0) is 25.7 Å². The molecule has 2 amide bonds. The highest BCUT2D eigenvalue weighted by atomic mass is 16.2. The minimum absolute atomic E-state index is 0.0317. The van der Waals surface area contributed by atoms with Crippen molar-refractivity contribution in [3.05, 3.63) is 0 Å². The van der Waals surface area contributed by atoms with E-state index in [0.29, 0.717) is 12.5 Å². The van der Waals surface area contributed by atoms with Gasteiger partial charge in [-0.2, -0.15) is 0 Å². The van der Waals surface area contributed by atoms with Gasteiger partial charge in [0.05, 0.1) is 5.54 Å². The van der Waals surface area contributed by atoms with Crippen molar-refractivity contribution in [3.63, 3.8) is 0 Å². The minimum atomic E-state index is -0.0505. The lowest BCUT2D eigenvalue weighted by molar-refractivity contribution is 0.0821. The summed E-state index contributed by atoms with van der Waals surface area (Å²) in [5.74, 6) is 0.679. The highest BCUT2D eigenvalue weighted by Gasteiger charge is 2.51. The standard InChI is InChI=1S/C9H17N3O/c1-2-11-8(13)12-5-9(10,6-12)7-3-4-7/h7H,2-6,10H2,1H3,(H,11,13). The van der Waals surface area contributed by atoms with Crippen LogP contribution < -0.4 is 11.1 Å². The Hall–Kier alpha value is -0.770. The van der Waals surface area contributed by atoms with Crippen LogP contribution in [0.3, 0.4) is 0 Å². The van der Waals surface area contributed by atoms with Crippen LogP contribution in [0.1, 0.15) is 19.8 Å². The molecule has 0 aromatic heterocycles. The van der Waals surface area contributed by atoms with Crippen molar-refractivity contribution in [1.29, 1.82) is 0 Å². The van der Waals surface area contributed by atoms with E-state index in [9.17, 15) is 4.79 Å². The van der Waals surface area contributed by atoms with Gasteiger partial charge in [-0.25, -0.2) is 4.79 Å². The maximum atomic E-state index is 11.3. The number of hydrogen-bond donors (Lipinski definition) is 2. The zero-order valence-electron chi connectivity index (χ0n) is 8.05. The smallest absolute Gasteiger partial charge is 0.317 e. The Morgan fingerprint density at radius 2 is 2.23 bits per heavy atom. The van der Waals surface area contributed by atoms with Crippen LogP contribution in [-0.4, -0.2) is 36.1 Å². The Labute approximate surface area is 78.5 Å². The molecule has 1 aliphatic heterocycles. The SMILES string of the molecule is CCNC(=O)N1CC(N)(C2CC2)C1. The van der Waals surface area contributed by atoms with Gasteiger partial charge in [-0.3, -0.25) is 0 Å². The Morgan fingerprint density at radius 1 is 1.62 bits per heavy atom. The summed E-state index contributed by atoms with van der Waals surface area (Å²) in [6, 6.07) is 0.0317. The van der Waals surface area contributed by atoms with Gasteiger partial charge in [0, 0.05) is 19.6 Å². The number of carbonyl (C=O) groups is 1. The predicted molar refractivity (Wildman–Crippen MR) is 50.3 cm³/mol. The summed E-state index contributed by atoms with van der Waals surface area (Å²) < 4.78 is 0. The topological polar surface area (TPSA) is 58.4 Å². The molecule has 0 atom stereocenters. The van der Waals surface area contributed by atoms with E-state index in [2.05, 4.69) is 5.32 Å². The number of carbonyl (C=O) groups excluding carboxylic acids is 1. The quantitative estimate of drug-likeness (QED) is 0.639. The van der Waals surface area contributed by atoms with Gasteiger partial charge in [0.15, 0.2) is 0 Å². The first kappa shape index (κ1) is 8.81. The van der Waals surface area contributed by atoms with Crippen LogP contribution in [0.25, 0.3) is 0 Å². The van der Waals surface area contributed by atoms with Crippen molar-refractivity contribution < 1.29 is 4.79 Å². The summed E-state index contributed by atoms with van der Waals surface area (Å²) in [5.41, 5.74) is 6.06. The number of likely N-dealkylation sites (tertiary alicyclic amines) is 1. The Balaban J connectivity index is 1.79. The van der Waals surface area contributed by atoms with E-state index in [1.165, 1.54) is 12.8 Å². The molecule has 1 heterocycles. The monoisotopic (exact) mass is 183 g/mol. The van der Waals surface area contributed by atoms with Gasteiger partial charge in [0.25, 0.3) is 0 Å². The highest BCUT2D eigenvalue weighted by Crippen LogP contribution is 2.42. The second-order valence-electron chi connectivity index (χ2n) is 4.20. The summed E-state index contributed by atoms with van der Waals surface area (Å²) in [6.07, 6.45) is 2.50. The zero-order valence-corrected chi connectivity index (χ0v) is 8.05. The fourth-order valence-corrected chi connectivity index (χ4v) is 1.99. The van der Waals surface area contributed by atoms with Crippen molar-refractivity contribution in [2.24, 2.45) is 11.7 Å². The Kier molecular flexibility index (Phi) is 1.95. The molecule has 0 spiro atoms. The van der Waals surface area contributed by atoms with Crippen molar-refractivity contribution >= 4 is 6.03 Å². The molecule has 3 N–H and O–H groups in total. The van der Waals surface area contributed by atoms with Gasteiger partial charge in [0.1, 0.15) is 0 Å². The van der Waals surface area contributed by atoms with Crippen LogP contribution in [-0.2, 0) is 0 Å². The van der Waals surface area contributed by atoms with E-state index < -0.39 is 0 Å². The molecular formula is C9H17N3O. The van der Waals surface area contributed by atoms with Gasteiger partial charge >= 0.3 is 6.03 Å². The first-order valence-electron chi connectivity index (χ1n) is 4.97. The molecule has 0 unspecified atom stereocenters. The number of nitrogens with zero attached hydrogens (tertiary/aromatic N) is 1. The molecule has 13 heavy (non-hydrogen) atoms. The Bertz CT molecular complexity index is 219. The second-order valence-corrected chi connectivity index (χ2v) is 4.20. The molecule has 0 bridgehead atoms. The van der Waals surface area contributed by atoms with Crippen LogP contribution in [0.2, 0.25) is 0 Å². The second kappa shape index (κ2) is 2.87. The molecule has 2 rings (SSSR count). The number of amides is 2. The lowest BCUT2D eigenvalue weighted by atomic mass is 9.86. The summed E-state index contributed by atoms with van der Waals surface area (Å²) in [6.45, 7) is 4.09. The van der Waals surface area contributed by atoms with Gasteiger partial charge in [-0.1, -0.05) is 0 Å². The largest absolute Gasteiger partial charge is 0.338 e. The lowest BCUT2D eigenvalue weighted by Gasteiger charge is -2.48. The molecule has 1 saturated heterocycles. The lowest BCUT2D eigenvalue weighted by Crippen LogP contribution is -2.71. The molecule has 1 saturated carbocycles. The van der Waals surface area contributed by atoms with Crippen molar-refractivity contribution in [1.82, 2.24) is 10.2 Å². The number of hydrogen-bond acceptors (Lipinski definition) is 2. The van der Waals surface area contributed by atoms with Crippen molar-refractivity contribution in [2.45, 2.75) is 25.3 Å². The van der Waals surface area contributed by atoms with Crippen LogP contribution in [0.5, 0.6) is 0 Å². The van der Waals surface area contributed by atoms with E-state index >= 15 is 0 Å². The van der Waals surface area contributed by atoms with E-state index in [-0.39, 0.29) is 11.6 Å². The van der Waals surface area contributed by atoms with E-state index in [4.69, 9.17) is 5.73 Å². The Morgan fingerprint density at radius 3 is 2.69 bits per heavy atom. The number of nitrogens with two attached hydrogens (primary N) is 1.